The lowest BCUT2D eigenvalue weighted by Gasteiger charge is -2.39. The van der Waals surface area contributed by atoms with Gasteiger partial charge in [0.15, 0.2) is 17.3 Å². The third-order valence-corrected chi connectivity index (χ3v) is 6.88. The number of nitrogens with one attached hydrogen (secondary N) is 1. The van der Waals surface area contributed by atoms with Crippen LogP contribution in [-0.2, 0) is 20.9 Å². The van der Waals surface area contributed by atoms with E-state index in [1.807, 2.05) is 37.3 Å². The molecule has 0 aromatic heterocycles. The molecule has 0 saturated carbocycles. The number of ketones is 1. The molecular weight excluding hydrogens is 498 g/mol. The highest BCUT2D eigenvalue weighted by molar-refractivity contribution is 9.10. The number of methoxy groups -OCH3 is 1. The van der Waals surface area contributed by atoms with Gasteiger partial charge in [0, 0.05) is 29.3 Å². The Kier molecular flexibility index (Phi) is 6.58. The van der Waals surface area contributed by atoms with E-state index in [4.69, 9.17) is 9.47 Å². The summed E-state index contributed by atoms with van der Waals surface area (Å²) in [6, 6.07) is 12.9. The van der Waals surface area contributed by atoms with Crippen LogP contribution >= 0.6 is 15.9 Å². The average Bonchev–Trinajstić information content (AvgIpc) is 2.78. The molecule has 0 saturated heterocycles. The first-order valence-electron chi connectivity index (χ1n) is 11.1. The standard InChI is InChI=1S/C27H28BrNO5/c1-15-22(26(32)34-14-16-8-6-5-7-9-16)23(17-10-18(28)25(31)21(11-17)33-4)24-19(29-15)12-27(2,3)13-20(24)30/h5-11,23,29,31H,12-14H2,1-4H3. The van der Waals surface area contributed by atoms with Crippen molar-refractivity contribution in [3.63, 3.8) is 0 Å². The van der Waals surface area contributed by atoms with Crippen molar-refractivity contribution in [3.05, 3.63) is 80.6 Å². The van der Waals surface area contributed by atoms with Gasteiger partial charge in [-0.05, 0) is 57.9 Å². The van der Waals surface area contributed by atoms with Crippen molar-refractivity contribution < 1.29 is 24.2 Å². The first kappa shape index (κ1) is 24.1. The van der Waals surface area contributed by atoms with E-state index in [0.717, 1.165) is 11.3 Å². The first-order valence-corrected chi connectivity index (χ1v) is 11.9. The molecule has 1 aliphatic carbocycles. The van der Waals surface area contributed by atoms with E-state index in [2.05, 4.69) is 35.1 Å². The maximum absolute atomic E-state index is 13.4. The van der Waals surface area contributed by atoms with Crippen molar-refractivity contribution in [2.45, 2.75) is 46.1 Å². The van der Waals surface area contributed by atoms with Gasteiger partial charge in [-0.15, -0.1) is 0 Å². The summed E-state index contributed by atoms with van der Waals surface area (Å²) in [7, 11) is 1.46. The van der Waals surface area contributed by atoms with E-state index in [9.17, 15) is 14.7 Å². The summed E-state index contributed by atoms with van der Waals surface area (Å²) in [5.74, 6) is -0.935. The lowest BCUT2D eigenvalue weighted by molar-refractivity contribution is -0.140. The van der Waals surface area contributed by atoms with E-state index in [1.54, 1.807) is 12.1 Å². The van der Waals surface area contributed by atoms with E-state index < -0.39 is 11.9 Å². The maximum atomic E-state index is 13.4. The van der Waals surface area contributed by atoms with Crippen LogP contribution in [0.25, 0.3) is 0 Å². The predicted octanol–water partition coefficient (Wildman–Crippen LogP) is 5.51. The minimum absolute atomic E-state index is 0.00669. The number of benzene rings is 2. The van der Waals surface area contributed by atoms with Crippen LogP contribution in [-0.4, -0.2) is 24.0 Å². The fourth-order valence-corrected chi connectivity index (χ4v) is 5.22. The summed E-state index contributed by atoms with van der Waals surface area (Å²) in [4.78, 5) is 26.9. The molecule has 2 aromatic rings. The molecule has 2 aliphatic rings. The Bertz CT molecular complexity index is 1210. The summed E-state index contributed by atoms with van der Waals surface area (Å²) >= 11 is 3.38. The fraction of sp³-hybridized carbons (Fsp3) is 0.333. The predicted molar refractivity (Wildman–Crippen MR) is 132 cm³/mol. The smallest absolute Gasteiger partial charge is 0.337 e. The monoisotopic (exact) mass is 525 g/mol. The van der Waals surface area contributed by atoms with Crippen molar-refractivity contribution in [1.82, 2.24) is 5.32 Å². The van der Waals surface area contributed by atoms with Gasteiger partial charge in [-0.25, -0.2) is 4.79 Å². The molecule has 0 bridgehead atoms. The number of halogens is 1. The van der Waals surface area contributed by atoms with Gasteiger partial charge in [0.2, 0.25) is 0 Å². The van der Waals surface area contributed by atoms with Gasteiger partial charge in [-0.3, -0.25) is 4.79 Å². The number of hydrogen-bond donors (Lipinski definition) is 2. The van der Waals surface area contributed by atoms with Gasteiger partial charge >= 0.3 is 5.97 Å². The number of rotatable bonds is 5. The number of Topliss-reactive ketones (excluding diaryl/α,β-unsaturated/α-hetero) is 1. The maximum Gasteiger partial charge on any atom is 0.337 e. The van der Waals surface area contributed by atoms with Crippen molar-refractivity contribution >= 4 is 27.7 Å². The van der Waals surface area contributed by atoms with Gasteiger partial charge in [-0.1, -0.05) is 44.2 Å². The molecule has 0 spiro atoms. The molecule has 34 heavy (non-hydrogen) atoms. The van der Waals surface area contributed by atoms with Crippen LogP contribution in [0.5, 0.6) is 11.5 Å². The summed E-state index contributed by atoms with van der Waals surface area (Å²) in [5.41, 5.74) is 3.76. The van der Waals surface area contributed by atoms with Crippen molar-refractivity contribution in [2.24, 2.45) is 5.41 Å². The largest absolute Gasteiger partial charge is 0.503 e. The quantitative estimate of drug-likeness (QED) is 0.500. The third kappa shape index (κ3) is 4.62. The zero-order valence-corrected chi connectivity index (χ0v) is 21.3. The third-order valence-electron chi connectivity index (χ3n) is 6.28. The number of esters is 1. The lowest BCUT2D eigenvalue weighted by Crippen LogP contribution is -2.38. The van der Waals surface area contributed by atoms with Crippen molar-refractivity contribution in [2.75, 3.05) is 7.11 Å². The van der Waals surface area contributed by atoms with Gasteiger partial charge in [0.1, 0.15) is 6.61 Å². The zero-order valence-electron chi connectivity index (χ0n) is 19.7. The van der Waals surface area contributed by atoms with Crippen LogP contribution in [0.15, 0.2) is 69.5 Å². The van der Waals surface area contributed by atoms with Gasteiger partial charge < -0.3 is 19.9 Å². The molecule has 0 amide bonds. The number of dihydropyridines is 1. The summed E-state index contributed by atoms with van der Waals surface area (Å²) in [6.45, 7) is 6.08. The minimum Gasteiger partial charge on any atom is -0.503 e. The van der Waals surface area contributed by atoms with Crippen molar-refractivity contribution in [3.8, 4) is 11.5 Å². The molecule has 0 radical (unpaired) electrons. The Labute approximate surface area is 207 Å². The summed E-state index contributed by atoms with van der Waals surface area (Å²) in [6.07, 6.45) is 1.07. The number of phenols is 1. The zero-order chi connectivity index (χ0) is 24.6. The first-order chi connectivity index (χ1) is 16.1. The Hall–Kier alpha value is -3.06. The van der Waals surface area contributed by atoms with Crippen LogP contribution in [0.3, 0.4) is 0 Å². The molecule has 1 heterocycles. The van der Waals surface area contributed by atoms with E-state index in [0.29, 0.717) is 39.7 Å². The SMILES string of the molecule is COc1cc(C2C(C(=O)OCc3ccccc3)=C(C)NC3=C2C(=O)CC(C)(C)C3)cc(Br)c1O. The minimum atomic E-state index is -0.645. The number of carbonyl (C=O) groups excluding carboxylic acids is 2. The second-order valence-corrected chi connectivity index (χ2v) is 10.4. The van der Waals surface area contributed by atoms with Gasteiger partial charge in [0.25, 0.3) is 0 Å². The molecule has 0 fully saturated rings. The molecule has 2 aromatic carbocycles. The van der Waals surface area contributed by atoms with Crippen LogP contribution < -0.4 is 10.1 Å². The normalized spacial score (nSPS) is 19.4. The Morgan fingerprint density at radius 1 is 1.21 bits per heavy atom. The Morgan fingerprint density at radius 2 is 1.91 bits per heavy atom. The van der Waals surface area contributed by atoms with Crippen LogP contribution in [0.4, 0.5) is 0 Å². The molecular formula is C27H28BrNO5. The van der Waals surface area contributed by atoms with Crippen LogP contribution in [0.1, 0.15) is 50.7 Å². The molecule has 1 atom stereocenters. The van der Waals surface area contributed by atoms with Crippen LogP contribution in [0.2, 0.25) is 0 Å². The van der Waals surface area contributed by atoms with Gasteiger partial charge in [-0.2, -0.15) is 0 Å². The summed E-state index contributed by atoms with van der Waals surface area (Å²) < 4.78 is 11.5. The lowest BCUT2D eigenvalue weighted by atomic mass is 9.68. The second kappa shape index (κ2) is 9.29. The highest BCUT2D eigenvalue weighted by Gasteiger charge is 2.43. The van der Waals surface area contributed by atoms with Gasteiger partial charge in [0.05, 0.1) is 17.2 Å². The number of ether oxygens (including phenoxy) is 2. The highest BCUT2D eigenvalue weighted by atomic mass is 79.9. The number of carbonyl (C=O) groups is 2. The molecule has 6 nitrogen and oxygen atoms in total. The van der Waals surface area contributed by atoms with Crippen LogP contribution in [0, 0.1) is 5.41 Å². The Balaban J connectivity index is 1.81. The molecule has 178 valence electrons. The molecule has 1 aliphatic heterocycles. The van der Waals surface area contributed by atoms with Crippen molar-refractivity contribution in [1.29, 1.82) is 0 Å². The Morgan fingerprint density at radius 3 is 2.59 bits per heavy atom. The molecule has 7 heteroatoms. The number of allylic oxidation sites excluding steroid dienone is 3. The number of hydrogen-bond acceptors (Lipinski definition) is 6. The number of aromatic hydroxyl groups is 1. The average molecular weight is 526 g/mol. The fourth-order valence-electron chi connectivity index (χ4n) is 4.76. The molecule has 1 unspecified atom stereocenters. The highest BCUT2D eigenvalue weighted by Crippen LogP contribution is 2.49. The van der Waals surface area contributed by atoms with E-state index in [-0.39, 0.29) is 29.3 Å². The second-order valence-electron chi connectivity index (χ2n) is 9.55. The molecule has 4 rings (SSSR count). The molecule has 2 N–H and O–H groups in total. The van der Waals surface area contributed by atoms with E-state index >= 15 is 0 Å². The van der Waals surface area contributed by atoms with E-state index in [1.165, 1.54) is 7.11 Å². The summed E-state index contributed by atoms with van der Waals surface area (Å²) in [5, 5.41) is 13.7. The number of phenolic OH excluding ortho intramolecular Hbond substituents is 1. The topological polar surface area (TPSA) is 84.9 Å².